The third-order valence-corrected chi connectivity index (χ3v) is 6.48. The van der Waals surface area contributed by atoms with Gasteiger partial charge in [-0.3, -0.25) is 14.2 Å². The number of benzene rings is 2. The van der Waals surface area contributed by atoms with E-state index in [-0.39, 0.29) is 11.3 Å². The third kappa shape index (κ3) is 4.35. The van der Waals surface area contributed by atoms with Gasteiger partial charge in [0, 0.05) is 48.3 Å². The van der Waals surface area contributed by atoms with E-state index >= 15 is 0 Å². The zero-order chi connectivity index (χ0) is 23.0. The Kier molecular flexibility index (Phi) is 5.70. The van der Waals surface area contributed by atoms with Crippen LogP contribution in [0.5, 0.6) is 11.5 Å². The van der Waals surface area contributed by atoms with E-state index in [2.05, 4.69) is 9.82 Å². The molecule has 0 atom stereocenters. The molecule has 166 valence electrons. The SMILES string of the molecule is CCS(=O)(=O)Nc1ccc(Oc2ccc(Cl)cc2)c(-c2cn(C)c(=O)c3cn(C)nc23)c1. The standard InChI is InChI=1S/C22H21ClN4O4S/c1-4-32(29,30)25-15-7-10-20(31-16-8-5-14(23)6-9-16)17(11-15)18-12-26(2)22(28)19-13-27(3)24-21(18)19/h5-13,25H,4H2,1-3H3. The first-order valence-electron chi connectivity index (χ1n) is 9.78. The predicted molar refractivity (Wildman–Crippen MR) is 126 cm³/mol. The van der Waals surface area contributed by atoms with Gasteiger partial charge < -0.3 is 9.30 Å². The third-order valence-electron chi connectivity index (χ3n) is 4.92. The van der Waals surface area contributed by atoms with Crippen LogP contribution in [0.2, 0.25) is 5.02 Å². The summed E-state index contributed by atoms with van der Waals surface area (Å²) in [5.41, 5.74) is 1.90. The van der Waals surface area contributed by atoms with Crippen molar-refractivity contribution in [2.45, 2.75) is 6.92 Å². The van der Waals surface area contributed by atoms with Gasteiger partial charge in [-0.2, -0.15) is 5.10 Å². The van der Waals surface area contributed by atoms with Crippen molar-refractivity contribution in [3.05, 3.63) is 70.2 Å². The van der Waals surface area contributed by atoms with Crippen LogP contribution in [0.15, 0.2) is 59.7 Å². The van der Waals surface area contributed by atoms with Crippen LogP contribution < -0.4 is 15.0 Å². The van der Waals surface area contributed by atoms with Crippen molar-refractivity contribution < 1.29 is 13.2 Å². The Morgan fingerprint density at radius 3 is 2.47 bits per heavy atom. The Morgan fingerprint density at radius 2 is 1.78 bits per heavy atom. The number of aromatic nitrogens is 3. The summed E-state index contributed by atoms with van der Waals surface area (Å²) >= 11 is 5.97. The molecular formula is C22H21ClN4O4S. The van der Waals surface area contributed by atoms with Gasteiger partial charge in [0.15, 0.2) is 0 Å². The molecule has 0 aliphatic rings. The molecule has 2 aromatic carbocycles. The Bertz CT molecular complexity index is 1470. The fourth-order valence-corrected chi connectivity index (χ4v) is 4.08. The van der Waals surface area contributed by atoms with E-state index in [0.29, 0.717) is 44.2 Å². The van der Waals surface area contributed by atoms with Gasteiger partial charge in [0.1, 0.15) is 17.0 Å². The van der Waals surface area contributed by atoms with Gasteiger partial charge in [0.2, 0.25) is 10.0 Å². The number of hydrogen-bond donors (Lipinski definition) is 1. The molecule has 0 aliphatic heterocycles. The lowest BCUT2D eigenvalue weighted by Crippen LogP contribution is -2.16. The smallest absolute Gasteiger partial charge is 0.261 e. The zero-order valence-corrected chi connectivity index (χ0v) is 19.2. The van der Waals surface area contributed by atoms with Gasteiger partial charge >= 0.3 is 0 Å². The Labute approximate surface area is 190 Å². The second kappa shape index (κ2) is 8.33. The van der Waals surface area contributed by atoms with Crippen LogP contribution in [-0.4, -0.2) is 28.5 Å². The number of aryl methyl sites for hydroxylation is 2. The van der Waals surface area contributed by atoms with Crippen molar-refractivity contribution in [2.75, 3.05) is 10.5 Å². The number of nitrogens with zero attached hydrogens (tertiary/aromatic N) is 3. The molecule has 0 unspecified atom stereocenters. The summed E-state index contributed by atoms with van der Waals surface area (Å²) in [7, 11) is -0.0910. The Hall–Kier alpha value is -3.30. The second-order valence-electron chi connectivity index (χ2n) is 7.30. The highest BCUT2D eigenvalue weighted by Gasteiger charge is 2.18. The summed E-state index contributed by atoms with van der Waals surface area (Å²) < 4.78 is 35.9. The summed E-state index contributed by atoms with van der Waals surface area (Å²) in [5, 5.41) is 5.49. The average molecular weight is 473 g/mol. The van der Waals surface area contributed by atoms with Crippen LogP contribution >= 0.6 is 11.6 Å². The second-order valence-corrected chi connectivity index (χ2v) is 9.74. The lowest BCUT2D eigenvalue weighted by atomic mass is 10.0. The molecule has 8 nitrogen and oxygen atoms in total. The summed E-state index contributed by atoms with van der Waals surface area (Å²) in [6, 6.07) is 11.9. The summed E-state index contributed by atoms with van der Waals surface area (Å²) in [4.78, 5) is 12.6. The van der Waals surface area contributed by atoms with Crippen LogP contribution in [0.1, 0.15) is 6.92 Å². The highest BCUT2D eigenvalue weighted by molar-refractivity contribution is 7.92. The minimum absolute atomic E-state index is 0.0598. The van der Waals surface area contributed by atoms with E-state index in [1.807, 2.05) is 0 Å². The van der Waals surface area contributed by atoms with Gasteiger partial charge in [0.25, 0.3) is 5.56 Å². The number of fused-ring (bicyclic) bond motifs is 1. The molecular weight excluding hydrogens is 452 g/mol. The largest absolute Gasteiger partial charge is 0.457 e. The predicted octanol–water partition coefficient (Wildman–Crippen LogP) is 4.15. The Morgan fingerprint density at radius 1 is 1.06 bits per heavy atom. The molecule has 0 fully saturated rings. The molecule has 2 heterocycles. The van der Waals surface area contributed by atoms with Crippen molar-refractivity contribution >= 4 is 38.2 Å². The van der Waals surface area contributed by atoms with Crippen molar-refractivity contribution in [1.82, 2.24) is 14.3 Å². The van der Waals surface area contributed by atoms with Crippen molar-refractivity contribution in [2.24, 2.45) is 14.1 Å². The van der Waals surface area contributed by atoms with Crippen molar-refractivity contribution in [3.8, 4) is 22.6 Å². The topological polar surface area (TPSA) is 95.2 Å². The van der Waals surface area contributed by atoms with Gasteiger partial charge in [-0.05, 0) is 49.4 Å². The van der Waals surface area contributed by atoms with Crippen LogP contribution in [0.25, 0.3) is 22.0 Å². The molecule has 0 spiro atoms. The molecule has 2 aromatic heterocycles. The summed E-state index contributed by atoms with van der Waals surface area (Å²) in [6.45, 7) is 1.56. The number of rotatable bonds is 6. The fraction of sp³-hybridized carbons (Fsp3) is 0.182. The number of sulfonamides is 1. The first-order chi connectivity index (χ1) is 15.2. The number of nitrogens with one attached hydrogen (secondary N) is 1. The average Bonchev–Trinajstić information content (AvgIpc) is 3.15. The molecule has 0 amide bonds. The number of pyridine rings is 1. The van der Waals surface area contributed by atoms with Crippen molar-refractivity contribution in [3.63, 3.8) is 0 Å². The van der Waals surface area contributed by atoms with E-state index in [1.54, 1.807) is 80.6 Å². The molecule has 4 aromatic rings. The molecule has 0 bridgehead atoms. The van der Waals surface area contributed by atoms with Gasteiger partial charge in [-0.25, -0.2) is 8.42 Å². The molecule has 0 saturated heterocycles. The molecule has 4 rings (SSSR count). The monoisotopic (exact) mass is 472 g/mol. The summed E-state index contributed by atoms with van der Waals surface area (Å²) in [6.07, 6.45) is 3.32. The van der Waals surface area contributed by atoms with E-state index in [1.165, 1.54) is 4.57 Å². The highest BCUT2D eigenvalue weighted by Crippen LogP contribution is 2.38. The van der Waals surface area contributed by atoms with Crippen LogP contribution in [0, 0.1) is 0 Å². The molecule has 1 N–H and O–H groups in total. The maximum atomic E-state index is 12.6. The quantitative estimate of drug-likeness (QED) is 0.455. The van der Waals surface area contributed by atoms with Crippen LogP contribution in [-0.2, 0) is 24.1 Å². The van der Waals surface area contributed by atoms with E-state index in [9.17, 15) is 13.2 Å². The molecule has 10 heteroatoms. The van der Waals surface area contributed by atoms with Gasteiger partial charge in [0.05, 0.1) is 11.1 Å². The lowest BCUT2D eigenvalue weighted by molar-refractivity contribution is 0.484. The first-order valence-corrected chi connectivity index (χ1v) is 11.8. The zero-order valence-electron chi connectivity index (χ0n) is 17.7. The normalized spacial score (nSPS) is 11.6. The number of halogens is 1. The minimum atomic E-state index is -3.48. The van der Waals surface area contributed by atoms with E-state index < -0.39 is 10.0 Å². The van der Waals surface area contributed by atoms with E-state index in [4.69, 9.17) is 16.3 Å². The number of anilines is 1. The highest BCUT2D eigenvalue weighted by atomic mass is 35.5. The maximum Gasteiger partial charge on any atom is 0.261 e. The molecule has 0 radical (unpaired) electrons. The van der Waals surface area contributed by atoms with E-state index in [0.717, 1.165) is 0 Å². The van der Waals surface area contributed by atoms with Crippen molar-refractivity contribution in [1.29, 1.82) is 0 Å². The summed E-state index contributed by atoms with van der Waals surface area (Å²) in [5.74, 6) is 0.965. The molecule has 0 saturated carbocycles. The minimum Gasteiger partial charge on any atom is -0.457 e. The van der Waals surface area contributed by atoms with Gasteiger partial charge in [-0.15, -0.1) is 0 Å². The first kappa shape index (κ1) is 21.9. The molecule has 0 aliphatic carbocycles. The maximum absolute atomic E-state index is 12.6. The van der Waals surface area contributed by atoms with Crippen LogP contribution in [0.4, 0.5) is 5.69 Å². The Balaban J connectivity index is 1.93. The van der Waals surface area contributed by atoms with Crippen LogP contribution in [0.3, 0.4) is 0 Å². The fourth-order valence-electron chi connectivity index (χ4n) is 3.32. The number of ether oxygens (including phenoxy) is 1. The molecule has 32 heavy (non-hydrogen) atoms. The number of hydrogen-bond acceptors (Lipinski definition) is 5. The van der Waals surface area contributed by atoms with Gasteiger partial charge in [-0.1, -0.05) is 11.6 Å². The lowest BCUT2D eigenvalue weighted by Gasteiger charge is -2.15.